The van der Waals surface area contributed by atoms with Gasteiger partial charge in [0.05, 0.1) is 17.1 Å². The lowest BCUT2D eigenvalue weighted by Gasteiger charge is -2.08. The van der Waals surface area contributed by atoms with Gasteiger partial charge in [0.25, 0.3) is 0 Å². The second kappa shape index (κ2) is 7.06. The number of nitrogens with zero attached hydrogens (tertiary/aromatic N) is 1. The van der Waals surface area contributed by atoms with Gasteiger partial charge in [-0.05, 0) is 23.6 Å². The highest BCUT2D eigenvalue weighted by Gasteiger charge is 2.15. The summed E-state index contributed by atoms with van der Waals surface area (Å²) in [6.07, 6.45) is -0.570. The average molecular weight is 367 g/mol. The Labute approximate surface area is 154 Å². The summed E-state index contributed by atoms with van der Waals surface area (Å²) in [6, 6.07) is 19.2. The lowest BCUT2D eigenvalue weighted by atomic mass is 10.1. The number of halogens is 1. The molecule has 0 unspecified atom stereocenters. The van der Waals surface area contributed by atoms with Crippen LogP contribution in [0.5, 0.6) is 0 Å². The van der Waals surface area contributed by atoms with Crippen molar-refractivity contribution in [3.05, 3.63) is 60.7 Å². The van der Waals surface area contributed by atoms with Crippen LogP contribution in [0.3, 0.4) is 0 Å². The van der Waals surface area contributed by atoms with E-state index in [9.17, 15) is 4.79 Å². The minimum Gasteiger partial charge on any atom is -0.448 e. The molecule has 130 valence electrons. The molecular weight excluding hydrogens is 352 g/mol. The van der Waals surface area contributed by atoms with Gasteiger partial charge < -0.3 is 9.15 Å². The summed E-state index contributed by atoms with van der Waals surface area (Å²) in [6.45, 7) is 0.143. The molecule has 4 rings (SSSR count). The highest BCUT2D eigenvalue weighted by molar-refractivity contribution is 6.18. The number of alkyl halides is 1. The first kappa shape index (κ1) is 16.4. The molecule has 5 nitrogen and oxygen atoms in total. The first-order chi connectivity index (χ1) is 12.8. The molecule has 0 saturated heterocycles. The zero-order valence-electron chi connectivity index (χ0n) is 13.7. The zero-order valence-corrected chi connectivity index (χ0v) is 14.5. The number of anilines is 1. The number of carbonyl (C=O) groups is 1. The molecule has 1 amide bonds. The van der Waals surface area contributed by atoms with Crippen molar-refractivity contribution >= 4 is 45.3 Å². The Bertz CT molecular complexity index is 1090. The number of para-hydroxylation sites is 1. The van der Waals surface area contributed by atoms with Gasteiger partial charge in [-0.2, -0.15) is 0 Å². The fraction of sp³-hybridized carbons (Fsp3) is 0.100. The Balaban J connectivity index is 1.76. The number of ether oxygens (including phenoxy) is 1. The van der Waals surface area contributed by atoms with Gasteiger partial charge in [-0.15, -0.1) is 11.6 Å². The van der Waals surface area contributed by atoms with Crippen LogP contribution >= 0.6 is 11.6 Å². The molecule has 1 aromatic heterocycles. The van der Waals surface area contributed by atoms with E-state index in [0.717, 1.165) is 16.3 Å². The maximum Gasteiger partial charge on any atom is 0.411 e. The molecule has 6 heteroatoms. The first-order valence-corrected chi connectivity index (χ1v) is 8.67. The molecule has 0 saturated carbocycles. The third-order valence-corrected chi connectivity index (χ3v) is 4.14. The Morgan fingerprint density at radius 3 is 2.77 bits per heavy atom. The largest absolute Gasteiger partial charge is 0.448 e. The molecule has 0 aliphatic heterocycles. The van der Waals surface area contributed by atoms with Crippen LogP contribution in [0.4, 0.5) is 10.5 Å². The van der Waals surface area contributed by atoms with Gasteiger partial charge in [0.2, 0.25) is 5.89 Å². The second-order valence-corrected chi connectivity index (χ2v) is 6.03. The topological polar surface area (TPSA) is 64.4 Å². The number of hydrogen-bond acceptors (Lipinski definition) is 4. The van der Waals surface area contributed by atoms with Gasteiger partial charge in [-0.25, -0.2) is 9.78 Å². The summed E-state index contributed by atoms with van der Waals surface area (Å²) in [4.78, 5) is 16.5. The fourth-order valence-electron chi connectivity index (χ4n) is 2.83. The van der Waals surface area contributed by atoms with E-state index in [0.29, 0.717) is 22.7 Å². The van der Waals surface area contributed by atoms with E-state index >= 15 is 0 Å². The number of hydrogen-bond donors (Lipinski definition) is 1. The zero-order chi connectivity index (χ0) is 17.9. The number of oxazole rings is 1. The van der Waals surface area contributed by atoms with Crippen molar-refractivity contribution in [2.45, 2.75) is 0 Å². The Morgan fingerprint density at radius 1 is 1.08 bits per heavy atom. The second-order valence-electron chi connectivity index (χ2n) is 5.65. The average Bonchev–Trinajstić information content (AvgIpc) is 3.11. The van der Waals surface area contributed by atoms with Gasteiger partial charge in [-0.1, -0.05) is 42.5 Å². The van der Waals surface area contributed by atoms with Crippen LogP contribution in [0, 0.1) is 0 Å². The lowest BCUT2D eigenvalue weighted by Crippen LogP contribution is -2.15. The smallest absolute Gasteiger partial charge is 0.411 e. The standard InChI is InChI=1S/C20H15ClN2O3/c21-11-12-25-20(24)22-16-8-4-3-7-15(16)19-23-18-14-6-2-1-5-13(14)9-10-17(18)26-19/h1-10H,11-12H2,(H,22,24). The monoisotopic (exact) mass is 366 g/mol. The fourth-order valence-corrected chi connectivity index (χ4v) is 2.91. The van der Waals surface area contributed by atoms with Crippen molar-refractivity contribution in [3.8, 4) is 11.5 Å². The summed E-state index contributed by atoms with van der Waals surface area (Å²) in [5, 5.41) is 4.82. The van der Waals surface area contributed by atoms with E-state index in [1.165, 1.54) is 0 Å². The highest BCUT2D eigenvalue weighted by atomic mass is 35.5. The van der Waals surface area contributed by atoms with Crippen LogP contribution in [0.2, 0.25) is 0 Å². The molecule has 3 aromatic carbocycles. The molecule has 0 fully saturated rings. The van der Waals surface area contributed by atoms with Crippen molar-refractivity contribution in [1.82, 2.24) is 4.98 Å². The number of rotatable bonds is 4. The molecule has 1 N–H and O–H groups in total. The number of amides is 1. The van der Waals surface area contributed by atoms with Gasteiger partial charge in [0.15, 0.2) is 5.58 Å². The Morgan fingerprint density at radius 2 is 1.88 bits per heavy atom. The number of carbonyl (C=O) groups excluding carboxylic acids is 1. The van der Waals surface area contributed by atoms with Crippen LogP contribution in [0.25, 0.3) is 33.3 Å². The van der Waals surface area contributed by atoms with E-state index in [4.69, 9.17) is 20.8 Å². The quantitative estimate of drug-likeness (QED) is 0.489. The summed E-state index contributed by atoms with van der Waals surface area (Å²) in [5.41, 5.74) is 2.72. The van der Waals surface area contributed by atoms with Crippen molar-refractivity contribution in [1.29, 1.82) is 0 Å². The number of aromatic nitrogens is 1. The van der Waals surface area contributed by atoms with E-state index in [1.807, 2.05) is 54.6 Å². The summed E-state index contributed by atoms with van der Waals surface area (Å²) < 4.78 is 10.9. The molecule has 0 aliphatic rings. The molecule has 0 aliphatic carbocycles. The summed E-state index contributed by atoms with van der Waals surface area (Å²) in [7, 11) is 0. The van der Waals surface area contributed by atoms with Crippen molar-refractivity contribution < 1.29 is 13.9 Å². The Kier molecular flexibility index (Phi) is 4.46. The van der Waals surface area contributed by atoms with Crippen molar-refractivity contribution in [2.75, 3.05) is 17.8 Å². The van der Waals surface area contributed by atoms with Crippen molar-refractivity contribution in [2.24, 2.45) is 0 Å². The third kappa shape index (κ3) is 3.09. The van der Waals surface area contributed by atoms with Crippen LogP contribution in [0.15, 0.2) is 65.1 Å². The molecule has 1 heterocycles. The van der Waals surface area contributed by atoms with Crippen LogP contribution in [0.1, 0.15) is 0 Å². The van der Waals surface area contributed by atoms with Crippen LogP contribution in [-0.4, -0.2) is 23.6 Å². The lowest BCUT2D eigenvalue weighted by molar-refractivity contribution is 0.168. The molecule has 0 radical (unpaired) electrons. The number of benzene rings is 3. The molecule has 4 aromatic rings. The minimum absolute atomic E-state index is 0.143. The summed E-state index contributed by atoms with van der Waals surface area (Å²) in [5.74, 6) is 0.678. The van der Waals surface area contributed by atoms with Gasteiger partial charge >= 0.3 is 6.09 Å². The first-order valence-electron chi connectivity index (χ1n) is 8.14. The maximum absolute atomic E-state index is 11.9. The SMILES string of the molecule is O=C(Nc1ccccc1-c1nc2c(ccc3ccccc32)o1)OCCCl. The number of fused-ring (bicyclic) bond motifs is 3. The molecule has 26 heavy (non-hydrogen) atoms. The Hall–Kier alpha value is -3.05. The third-order valence-electron chi connectivity index (χ3n) is 3.99. The summed E-state index contributed by atoms with van der Waals surface area (Å²) >= 11 is 5.54. The van der Waals surface area contributed by atoms with Crippen LogP contribution in [-0.2, 0) is 4.74 Å². The van der Waals surface area contributed by atoms with Crippen LogP contribution < -0.4 is 5.32 Å². The van der Waals surface area contributed by atoms with E-state index in [-0.39, 0.29) is 12.5 Å². The molecule has 0 spiro atoms. The minimum atomic E-state index is -0.570. The van der Waals surface area contributed by atoms with E-state index in [2.05, 4.69) is 10.3 Å². The predicted molar refractivity (Wildman–Crippen MR) is 103 cm³/mol. The molecule has 0 bridgehead atoms. The molecular formula is C20H15ClN2O3. The predicted octanol–water partition coefficient (Wildman–Crippen LogP) is 5.44. The van der Waals surface area contributed by atoms with Gasteiger partial charge in [-0.3, -0.25) is 5.32 Å². The molecule has 0 atom stereocenters. The van der Waals surface area contributed by atoms with Gasteiger partial charge in [0, 0.05) is 5.39 Å². The number of nitrogens with one attached hydrogen (secondary N) is 1. The van der Waals surface area contributed by atoms with E-state index < -0.39 is 6.09 Å². The van der Waals surface area contributed by atoms with Gasteiger partial charge in [0.1, 0.15) is 12.1 Å². The van der Waals surface area contributed by atoms with Crippen molar-refractivity contribution in [3.63, 3.8) is 0 Å². The normalized spacial score (nSPS) is 11.0. The maximum atomic E-state index is 11.9. The van der Waals surface area contributed by atoms with E-state index in [1.54, 1.807) is 6.07 Å². The highest BCUT2D eigenvalue weighted by Crippen LogP contribution is 2.33.